The standard InChI is InChI=1S/C12H20N4/c1-12(2,4-3-5-13)10-14-6-8-16-9-7-15-11-16/h7,9,11,14H,3-4,6,8,10H2,1-2H3. The fourth-order valence-corrected chi connectivity index (χ4v) is 1.54. The quantitative estimate of drug-likeness (QED) is 0.713. The third kappa shape index (κ3) is 4.94. The normalized spacial score (nSPS) is 11.3. The summed E-state index contributed by atoms with van der Waals surface area (Å²) in [6.07, 6.45) is 7.15. The van der Waals surface area contributed by atoms with Gasteiger partial charge in [0.05, 0.1) is 12.4 Å². The first-order valence-electron chi connectivity index (χ1n) is 5.67. The summed E-state index contributed by atoms with van der Waals surface area (Å²) in [5.41, 5.74) is 0.199. The highest BCUT2D eigenvalue weighted by Crippen LogP contribution is 2.20. The maximum atomic E-state index is 8.55. The first-order valence-corrected chi connectivity index (χ1v) is 5.67. The lowest BCUT2D eigenvalue weighted by Gasteiger charge is -2.23. The molecule has 0 radical (unpaired) electrons. The van der Waals surface area contributed by atoms with E-state index in [-0.39, 0.29) is 5.41 Å². The molecule has 0 amide bonds. The Balaban J connectivity index is 2.12. The summed E-state index contributed by atoms with van der Waals surface area (Å²) in [6, 6.07) is 2.20. The second kappa shape index (κ2) is 6.29. The zero-order valence-electron chi connectivity index (χ0n) is 10.1. The molecule has 16 heavy (non-hydrogen) atoms. The lowest BCUT2D eigenvalue weighted by Crippen LogP contribution is -2.31. The zero-order chi connectivity index (χ0) is 11.9. The predicted molar refractivity (Wildman–Crippen MR) is 63.7 cm³/mol. The Labute approximate surface area is 97.3 Å². The first-order chi connectivity index (χ1) is 7.64. The number of nitrogens with one attached hydrogen (secondary N) is 1. The number of nitriles is 1. The summed E-state index contributed by atoms with van der Waals surface area (Å²) < 4.78 is 2.05. The Morgan fingerprint density at radius 3 is 2.94 bits per heavy atom. The average Bonchev–Trinajstić information content (AvgIpc) is 2.75. The molecule has 0 bridgehead atoms. The second-order valence-electron chi connectivity index (χ2n) is 4.80. The third-order valence-corrected chi connectivity index (χ3v) is 2.62. The van der Waals surface area contributed by atoms with Gasteiger partial charge in [-0.2, -0.15) is 5.26 Å². The van der Waals surface area contributed by atoms with Crippen molar-refractivity contribution in [2.24, 2.45) is 5.41 Å². The molecular formula is C12H20N4. The van der Waals surface area contributed by atoms with Gasteiger partial charge >= 0.3 is 0 Å². The molecule has 0 unspecified atom stereocenters. The summed E-state index contributed by atoms with van der Waals surface area (Å²) in [6.45, 7) is 7.20. The number of nitrogens with zero attached hydrogens (tertiary/aromatic N) is 3. The summed E-state index contributed by atoms with van der Waals surface area (Å²) in [5.74, 6) is 0. The van der Waals surface area contributed by atoms with E-state index in [4.69, 9.17) is 5.26 Å². The minimum atomic E-state index is 0.199. The van der Waals surface area contributed by atoms with Crippen LogP contribution in [0.15, 0.2) is 18.7 Å². The molecule has 1 N–H and O–H groups in total. The zero-order valence-corrected chi connectivity index (χ0v) is 10.1. The van der Waals surface area contributed by atoms with Crippen LogP contribution in [-0.4, -0.2) is 22.6 Å². The van der Waals surface area contributed by atoms with E-state index in [0.29, 0.717) is 6.42 Å². The van der Waals surface area contributed by atoms with Gasteiger partial charge in [-0.1, -0.05) is 13.8 Å². The van der Waals surface area contributed by atoms with Gasteiger partial charge in [0.1, 0.15) is 0 Å². The van der Waals surface area contributed by atoms with Crippen LogP contribution in [0, 0.1) is 16.7 Å². The number of imidazole rings is 1. The lowest BCUT2D eigenvalue weighted by atomic mass is 9.88. The van der Waals surface area contributed by atoms with Crippen molar-refractivity contribution in [2.45, 2.75) is 33.2 Å². The minimum Gasteiger partial charge on any atom is -0.336 e. The predicted octanol–water partition coefficient (Wildman–Crippen LogP) is 1.80. The number of aromatic nitrogens is 2. The number of hydrogen-bond acceptors (Lipinski definition) is 3. The van der Waals surface area contributed by atoms with Gasteiger partial charge in [0.25, 0.3) is 0 Å². The monoisotopic (exact) mass is 220 g/mol. The van der Waals surface area contributed by atoms with Crippen molar-refractivity contribution in [1.29, 1.82) is 5.26 Å². The smallest absolute Gasteiger partial charge is 0.0946 e. The van der Waals surface area contributed by atoms with Crippen molar-refractivity contribution in [1.82, 2.24) is 14.9 Å². The Kier molecular flexibility index (Phi) is 5.00. The summed E-state index contributed by atoms with van der Waals surface area (Å²) in [4.78, 5) is 3.99. The Morgan fingerprint density at radius 1 is 1.50 bits per heavy atom. The van der Waals surface area contributed by atoms with Crippen LogP contribution in [-0.2, 0) is 6.54 Å². The van der Waals surface area contributed by atoms with E-state index in [9.17, 15) is 0 Å². The van der Waals surface area contributed by atoms with Crippen LogP contribution in [0.2, 0.25) is 0 Å². The Hall–Kier alpha value is -1.34. The van der Waals surface area contributed by atoms with E-state index >= 15 is 0 Å². The molecule has 1 aromatic heterocycles. The van der Waals surface area contributed by atoms with Crippen molar-refractivity contribution >= 4 is 0 Å². The molecule has 0 aromatic carbocycles. The van der Waals surface area contributed by atoms with Gasteiger partial charge in [0.15, 0.2) is 0 Å². The summed E-state index contributed by atoms with van der Waals surface area (Å²) >= 11 is 0. The summed E-state index contributed by atoms with van der Waals surface area (Å²) in [7, 11) is 0. The molecular weight excluding hydrogens is 200 g/mol. The fraction of sp³-hybridized carbons (Fsp3) is 0.667. The maximum absolute atomic E-state index is 8.55. The van der Waals surface area contributed by atoms with Crippen molar-refractivity contribution in [2.75, 3.05) is 13.1 Å². The van der Waals surface area contributed by atoms with Crippen LogP contribution in [0.3, 0.4) is 0 Å². The van der Waals surface area contributed by atoms with Crippen LogP contribution in [0.4, 0.5) is 0 Å². The SMILES string of the molecule is CC(C)(CCC#N)CNCCn1ccnc1. The molecule has 4 heteroatoms. The fourth-order valence-electron chi connectivity index (χ4n) is 1.54. The highest BCUT2D eigenvalue weighted by molar-refractivity contribution is 4.79. The van der Waals surface area contributed by atoms with Gasteiger partial charge in [-0.15, -0.1) is 0 Å². The molecule has 0 spiro atoms. The van der Waals surface area contributed by atoms with Crippen LogP contribution in [0.5, 0.6) is 0 Å². The molecule has 1 aromatic rings. The second-order valence-corrected chi connectivity index (χ2v) is 4.80. The van der Waals surface area contributed by atoms with Crippen molar-refractivity contribution < 1.29 is 0 Å². The average molecular weight is 220 g/mol. The number of rotatable bonds is 7. The minimum absolute atomic E-state index is 0.199. The van der Waals surface area contributed by atoms with E-state index in [2.05, 4.69) is 34.8 Å². The highest BCUT2D eigenvalue weighted by atomic mass is 15.0. The molecule has 4 nitrogen and oxygen atoms in total. The van der Waals surface area contributed by atoms with Crippen LogP contribution < -0.4 is 5.32 Å². The van der Waals surface area contributed by atoms with Crippen LogP contribution in [0.25, 0.3) is 0 Å². The van der Waals surface area contributed by atoms with Crippen molar-refractivity contribution in [3.63, 3.8) is 0 Å². The van der Waals surface area contributed by atoms with Crippen LogP contribution >= 0.6 is 0 Å². The Bertz CT molecular complexity index is 321. The summed E-state index contributed by atoms with van der Waals surface area (Å²) in [5, 5.41) is 12.0. The molecule has 1 heterocycles. The maximum Gasteiger partial charge on any atom is 0.0946 e. The third-order valence-electron chi connectivity index (χ3n) is 2.62. The van der Waals surface area contributed by atoms with Gasteiger partial charge in [0.2, 0.25) is 0 Å². The van der Waals surface area contributed by atoms with E-state index in [1.165, 1.54) is 0 Å². The Morgan fingerprint density at radius 2 is 2.31 bits per heavy atom. The van der Waals surface area contributed by atoms with Gasteiger partial charge in [-0.05, 0) is 11.8 Å². The van der Waals surface area contributed by atoms with Gasteiger partial charge in [-0.3, -0.25) is 0 Å². The molecule has 0 atom stereocenters. The van der Waals surface area contributed by atoms with Crippen molar-refractivity contribution in [3.8, 4) is 6.07 Å². The molecule has 0 fully saturated rings. The molecule has 0 aliphatic heterocycles. The molecule has 0 aliphatic rings. The molecule has 88 valence electrons. The largest absolute Gasteiger partial charge is 0.336 e. The highest BCUT2D eigenvalue weighted by Gasteiger charge is 2.16. The van der Waals surface area contributed by atoms with E-state index < -0.39 is 0 Å². The number of hydrogen-bond donors (Lipinski definition) is 1. The van der Waals surface area contributed by atoms with E-state index in [1.54, 1.807) is 6.20 Å². The van der Waals surface area contributed by atoms with E-state index in [0.717, 1.165) is 26.1 Å². The van der Waals surface area contributed by atoms with Gasteiger partial charge in [0, 0.05) is 38.4 Å². The van der Waals surface area contributed by atoms with Gasteiger partial charge < -0.3 is 9.88 Å². The van der Waals surface area contributed by atoms with Gasteiger partial charge in [-0.25, -0.2) is 4.98 Å². The lowest BCUT2D eigenvalue weighted by molar-refractivity contribution is 0.316. The molecule has 1 rings (SSSR count). The molecule has 0 saturated heterocycles. The topological polar surface area (TPSA) is 53.6 Å². The molecule has 0 aliphatic carbocycles. The first kappa shape index (κ1) is 12.7. The van der Waals surface area contributed by atoms with Crippen molar-refractivity contribution in [3.05, 3.63) is 18.7 Å². The van der Waals surface area contributed by atoms with E-state index in [1.807, 2.05) is 12.5 Å². The van der Waals surface area contributed by atoms with Crippen LogP contribution in [0.1, 0.15) is 26.7 Å². The molecule has 0 saturated carbocycles.